The highest BCUT2D eigenvalue weighted by molar-refractivity contribution is 5.76. The molecule has 2 fully saturated rings. The van der Waals surface area contributed by atoms with Crippen LogP contribution in [0.4, 0.5) is 0 Å². The van der Waals surface area contributed by atoms with Crippen LogP contribution in [0.25, 0.3) is 0 Å². The van der Waals surface area contributed by atoms with Gasteiger partial charge in [-0.1, -0.05) is 0 Å². The average Bonchev–Trinajstić information content (AvgIpc) is 3.10. The van der Waals surface area contributed by atoms with Crippen molar-refractivity contribution in [1.82, 2.24) is 19.6 Å². The normalized spacial score (nSPS) is 25.4. The Morgan fingerprint density at radius 3 is 2.46 bits per heavy atom. The Hall–Kier alpha value is -1.40. The molecule has 0 bridgehead atoms. The number of rotatable bonds is 4. The van der Waals surface area contributed by atoms with Gasteiger partial charge in [-0.2, -0.15) is 5.10 Å². The van der Waals surface area contributed by atoms with Gasteiger partial charge < -0.3 is 10.0 Å². The summed E-state index contributed by atoms with van der Waals surface area (Å²) in [6.07, 6.45) is 4.28. The largest absolute Gasteiger partial charge is 0.391 e. The van der Waals surface area contributed by atoms with Gasteiger partial charge in [0.15, 0.2) is 0 Å². The number of aryl methyl sites for hydroxylation is 2. The molecule has 6 heteroatoms. The van der Waals surface area contributed by atoms with Crippen molar-refractivity contribution in [3.05, 3.63) is 17.0 Å². The molecule has 6 nitrogen and oxygen atoms in total. The second-order valence-corrected chi connectivity index (χ2v) is 7.26. The van der Waals surface area contributed by atoms with Crippen LogP contribution in [0.1, 0.15) is 42.6 Å². The molecule has 24 heavy (non-hydrogen) atoms. The average molecular weight is 334 g/mol. The summed E-state index contributed by atoms with van der Waals surface area (Å²) >= 11 is 0. The minimum absolute atomic E-state index is 0.177. The van der Waals surface area contributed by atoms with Crippen LogP contribution in [-0.2, 0) is 18.3 Å². The van der Waals surface area contributed by atoms with Crippen LogP contribution in [0.2, 0.25) is 0 Å². The van der Waals surface area contributed by atoms with Gasteiger partial charge in [0.25, 0.3) is 0 Å². The second-order valence-electron chi connectivity index (χ2n) is 7.26. The zero-order chi connectivity index (χ0) is 17.3. The molecule has 1 saturated heterocycles. The molecular formula is C18H30N4O2. The first-order valence-corrected chi connectivity index (χ1v) is 9.16. The zero-order valence-corrected chi connectivity index (χ0v) is 15.2. The topological polar surface area (TPSA) is 61.6 Å². The number of aliphatic hydroxyl groups excluding tert-OH is 1. The van der Waals surface area contributed by atoms with Crippen molar-refractivity contribution in [3.8, 4) is 0 Å². The van der Waals surface area contributed by atoms with Crippen LogP contribution in [0.3, 0.4) is 0 Å². The number of amides is 1. The molecular weight excluding hydrogens is 304 g/mol. The van der Waals surface area contributed by atoms with Gasteiger partial charge in [-0.3, -0.25) is 14.4 Å². The Morgan fingerprint density at radius 1 is 1.21 bits per heavy atom. The molecule has 1 aliphatic carbocycles. The summed E-state index contributed by atoms with van der Waals surface area (Å²) in [7, 11) is 1.95. The maximum atomic E-state index is 12.5. The van der Waals surface area contributed by atoms with E-state index in [1.165, 1.54) is 5.56 Å². The van der Waals surface area contributed by atoms with Crippen molar-refractivity contribution in [3.63, 3.8) is 0 Å². The summed E-state index contributed by atoms with van der Waals surface area (Å²) in [5, 5.41) is 14.5. The van der Waals surface area contributed by atoms with E-state index in [1.807, 2.05) is 23.6 Å². The van der Waals surface area contributed by atoms with Gasteiger partial charge in [0.2, 0.25) is 5.91 Å². The van der Waals surface area contributed by atoms with Gasteiger partial charge in [0, 0.05) is 51.4 Å². The Labute approximate surface area is 144 Å². The summed E-state index contributed by atoms with van der Waals surface area (Å²) < 4.78 is 1.89. The first-order chi connectivity index (χ1) is 11.5. The summed E-state index contributed by atoms with van der Waals surface area (Å²) in [6, 6.07) is 0.308. The summed E-state index contributed by atoms with van der Waals surface area (Å²) in [5.74, 6) is 0.240. The number of aromatic nitrogens is 2. The number of nitrogens with zero attached hydrogens (tertiary/aromatic N) is 4. The van der Waals surface area contributed by atoms with E-state index in [4.69, 9.17) is 0 Å². The highest BCUT2D eigenvalue weighted by Gasteiger charge is 2.33. The lowest BCUT2D eigenvalue weighted by Gasteiger charge is -2.39. The van der Waals surface area contributed by atoms with E-state index in [-0.39, 0.29) is 12.0 Å². The van der Waals surface area contributed by atoms with Crippen molar-refractivity contribution in [2.45, 2.75) is 58.1 Å². The molecule has 1 N–H and O–H groups in total. The van der Waals surface area contributed by atoms with E-state index < -0.39 is 0 Å². The van der Waals surface area contributed by atoms with Crippen LogP contribution in [0, 0.1) is 13.8 Å². The smallest absolute Gasteiger partial charge is 0.222 e. The van der Waals surface area contributed by atoms with E-state index in [2.05, 4.69) is 16.9 Å². The number of aliphatic hydroxyl groups is 1. The van der Waals surface area contributed by atoms with Crippen molar-refractivity contribution in [1.29, 1.82) is 0 Å². The quantitative estimate of drug-likeness (QED) is 0.893. The summed E-state index contributed by atoms with van der Waals surface area (Å²) in [6.45, 7) is 7.42. The molecule has 2 heterocycles. The third kappa shape index (κ3) is 3.49. The van der Waals surface area contributed by atoms with Gasteiger partial charge in [0.1, 0.15) is 0 Å². The maximum absolute atomic E-state index is 12.5. The SMILES string of the molecule is Cc1nn(C)c(C)c1CCC(=O)N1CCN([C@@H]2CCC[C@H]2O)CC1. The van der Waals surface area contributed by atoms with Crippen molar-refractivity contribution < 1.29 is 9.90 Å². The zero-order valence-electron chi connectivity index (χ0n) is 15.2. The summed E-state index contributed by atoms with van der Waals surface area (Å²) in [5.41, 5.74) is 3.39. The Morgan fingerprint density at radius 2 is 1.92 bits per heavy atom. The molecule has 3 rings (SSSR count). The number of hydrogen-bond donors (Lipinski definition) is 1. The molecule has 1 saturated carbocycles. The van der Waals surface area contributed by atoms with E-state index in [9.17, 15) is 9.90 Å². The lowest BCUT2D eigenvalue weighted by molar-refractivity contribution is -0.133. The molecule has 134 valence electrons. The van der Waals surface area contributed by atoms with Crippen LogP contribution >= 0.6 is 0 Å². The first-order valence-electron chi connectivity index (χ1n) is 9.16. The van der Waals surface area contributed by atoms with Gasteiger partial charge >= 0.3 is 0 Å². The van der Waals surface area contributed by atoms with Crippen molar-refractivity contribution in [2.24, 2.45) is 7.05 Å². The molecule has 1 aromatic heterocycles. The van der Waals surface area contributed by atoms with Crippen molar-refractivity contribution >= 4 is 5.91 Å². The number of hydrogen-bond acceptors (Lipinski definition) is 4. The van der Waals surface area contributed by atoms with Gasteiger partial charge in [-0.15, -0.1) is 0 Å². The molecule has 1 aliphatic heterocycles. The van der Waals surface area contributed by atoms with E-state index >= 15 is 0 Å². The van der Waals surface area contributed by atoms with E-state index in [0.717, 1.165) is 63.3 Å². The number of piperazine rings is 1. The van der Waals surface area contributed by atoms with Gasteiger partial charge in [0.05, 0.1) is 11.8 Å². The van der Waals surface area contributed by atoms with Crippen LogP contribution in [-0.4, -0.2) is 68.9 Å². The van der Waals surface area contributed by atoms with Gasteiger partial charge in [-0.25, -0.2) is 0 Å². The second kappa shape index (κ2) is 7.23. The molecule has 0 spiro atoms. The van der Waals surface area contributed by atoms with E-state index in [0.29, 0.717) is 12.5 Å². The molecule has 1 aromatic rings. The molecule has 1 amide bonds. The van der Waals surface area contributed by atoms with E-state index in [1.54, 1.807) is 0 Å². The standard InChI is InChI=1S/C18H30N4O2/c1-13-15(14(2)20(3)19-13)7-8-18(24)22-11-9-21(10-12-22)16-5-4-6-17(16)23/h16-17,23H,4-12H2,1-3H3/t16-,17-/m1/s1. The monoisotopic (exact) mass is 334 g/mol. The first kappa shape index (κ1) is 17.4. The summed E-state index contributed by atoms with van der Waals surface area (Å²) in [4.78, 5) is 16.9. The Balaban J connectivity index is 1.48. The third-order valence-corrected chi connectivity index (χ3v) is 5.83. The predicted molar refractivity (Wildman–Crippen MR) is 92.8 cm³/mol. The lowest BCUT2D eigenvalue weighted by atomic mass is 10.1. The van der Waals surface area contributed by atoms with Crippen LogP contribution < -0.4 is 0 Å². The van der Waals surface area contributed by atoms with Crippen LogP contribution in [0.5, 0.6) is 0 Å². The van der Waals surface area contributed by atoms with Gasteiger partial charge in [-0.05, 0) is 45.1 Å². The Kier molecular flexibility index (Phi) is 5.25. The third-order valence-electron chi connectivity index (χ3n) is 5.83. The molecule has 0 aromatic carbocycles. The molecule has 0 unspecified atom stereocenters. The lowest BCUT2D eigenvalue weighted by Crippen LogP contribution is -2.53. The fraction of sp³-hybridized carbons (Fsp3) is 0.778. The number of carbonyl (C=O) groups excluding carboxylic acids is 1. The predicted octanol–water partition coefficient (Wildman–Crippen LogP) is 1.03. The highest BCUT2D eigenvalue weighted by atomic mass is 16.3. The Bertz CT molecular complexity index is 590. The fourth-order valence-electron chi connectivity index (χ4n) is 4.22. The fourth-order valence-corrected chi connectivity index (χ4v) is 4.22. The maximum Gasteiger partial charge on any atom is 0.222 e. The molecule has 2 aliphatic rings. The number of carbonyl (C=O) groups is 1. The van der Waals surface area contributed by atoms with Crippen molar-refractivity contribution in [2.75, 3.05) is 26.2 Å². The molecule has 2 atom stereocenters. The minimum Gasteiger partial charge on any atom is -0.391 e. The van der Waals surface area contributed by atoms with Crippen LogP contribution in [0.15, 0.2) is 0 Å². The molecule has 0 radical (unpaired) electrons. The highest BCUT2D eigenvalue weighted by Crippen LogP contribution is 2.25. The minimum atomic E-state index is -0.177.